The second-order valence-corrected chi connectivity index (χ2v) is 6.56. The second kappa shape index (κ2) is 6.87. The summed E-state index contributed by atoms with van der Waals surface area (Å²) in [5.74, 6) is 0.0533. The first-order valence-corrected chi connectivity index (χ1v) is 7.97. The fraction of sp³-hybridized carbons (Fsp3) is 0.353. The van der Waals surface area contributed by atoms with Gasteiger partial charge in [0.2, 0.25) is 0 Å². The average molecular weight is 302 g/mol. The minimum Gasteiger partial charge on any atom is -0.334 e. The monoisotopic (exact) mass is 302 g/mol. The number of carbonyl (C=O) groups excluding carboxylic acids is 1. The number of nitrogens with zero attached hydrogens (tertiary/aromatic N) is 1. The van der Waals surface area contributed by atoms with Crippen LogP contribution in [0.2, 0.25) is 0 Å². The molecule has 0 saturated heterocycles. The maximum atomic E-state index is 12.8. The Kier molecular flexibility index (Phi) is 5.15. The van der Waals surface area contributed by atoms with Crippen LogP contribution >= 0.6 is 11.3 Å². The first kappa shape index (κ1) is 15.7. The molecule has 1 heterocycles. The van der Waals surface area contributed by atoms with Crippen LogP contribution in [0.25, 0.3) is 0 Å². The Bertz CT molecular complexity index is 621. The standard InChI is InChI=1S/C17H22N2OS/c1-12-8-9-16(21-12)13(2)19(3)17(20)15-7-5-4-6-14(15)10-11-18/h4-9,13H,10-11,18H2,1-3H3. The summed E-state index contributed by atoms with van der Waals surface area (Å²) in [6.07, 6.45) is 0.724. The average Bonchev–Trinajstić information content (AvgIpc) is 2.92. The fourth-order valence-corrected chi connectivity index (χ4v) is 3.31. The predicted molar refractivity (Wildman–Crippen MR) is 88.8 cm³/mol. The zero-order chi connectivity index (χ0) is 15.4. The van der Waals surface area contributed by atoms with Crippen molar-refractivity contribution >= 4 is 17.2 Å². The molecule has 3 nitrogen and oxygen atoms in total. The summed E-state index contributed by atoms with van der Waals surface area (Å²) < 4.78 is 0. The molecule has 0 radical (unpaired) electrons. The predicted octanol–water partition coefficient (Wildman–Crippen LogP) is 3.39. The Morgan fingerprint density at radius 2 is 2.00 bits per heavy atom. The molecule has 1 amide bonds. The molecule has 0 fully saturated rings. The molecule has 0 aliphatic carbocycles. The van der Waals surface area contributed by atoms with Crippen molar-refractivity contribution in [2.45, 2.75) is 26.3 Å². The SMILES string of the molecule is Cc1ccc(C(C)N(C)C(=O)c2ccccc2CCN)s1. The van der Waals surface area contributed by atoms with Gasteiger partial charge in [-0.15, -0.1) is 11.3 Å². The van der Waals surface area contributed by atoms with Crippen molar-refractivity contribution in [1.82, 2.24) is 4.90 Å². The Labute approximate surface area is 130 Å². The molecule has 0 saturated carbocycles. The lowest BCUT2D eigenvalue weighted by Crippen LogP contribution is -2.30. The molecule has 4 heteroatoms. The van der Waals surface area contributed by atoms with Crippen LogP contribution in [0.5, 0.6) is 0 Å². The van der Waals surface area contributed by atoms with Crippen molar-refractivity contribution in [2.75, 3.05) is 13.6 Å². The molecule has 1 atom stereocenters. The quantitative estimate of drug-likeness (QED) is 0.920. The number of aryl methyl sites for hydroxylation is 1. The van der Waals surface area contributed by atoms with E-state index in [1.807, 2.05) is 31.3 Å². The van der Waals surface area contributed by atoms with E-state index in [1.165, 1.54) is 9.75 Å². The topological polar surface area (TPSA) is 46.3 Å². The molecule has 1 aromatic heterocycles. The van der Waals surface area contributed by atoms with Gasteiger partial charge in [-0.25, -0.2) is 0 Å². The highest BCUT2D eigenvalue weighted by Gasteiger charge is 2.21. The third kappa shape index (κ3) is 3.52. The number of carbonyl (C=O) groups is 1. The zero-order valence-electron chi connectivity index (χ0n) is 12.8. The van der Waals surface area contributed by atoms with Gasteiger partial charge in [-0.1, -0.05) is 18.2 Å². The number of hydrogen-bond donors (Lipinski definition) is 1. The molecule has 21 heavy (non-hydrogen) atoms. The lowest BCUT2D eigenvalue weighted by Gasteiger charge is -2.25. The Balaban J connectivity index is 2.23. The van der Waals surface area contributed by atoms with Crippen LogP contribution in [0.3, 0.4) is 0 Å². The van der Waals surface area contributed by atoms with Crippen LogP contribution in [0.15, 0.2) is 36.4 Å². The van der Waals surface area contributed by atoms with Crippen molar-refractivity contribution in [1.29, 1.82) is 0 Å². The number of nitrogens with two attached hydrogens (primary N) is 1. The van der Waals surface area contributed by atoms with E-state index in [1.54, 1.807) is 16.2 Å². The molecular formula is C17H22N2OS. The van der Waals surface area contributed by atoms with E-state index >= 15 is 0 Å². The van der Waals surface area contributed by atoms with Gasteiger partial charge in [0.1, 0.15) is 0 Å². The maximum absolute atomic E-state index is 12.8. The van der Waals surface area contributed by atoms with Crippen LogP contribution in [-0.2, 0) is 6.42 Å². The summed E-state index contributed by atoms with van der Waals surface area (Å²) in [6, 6.07) is 12.0. The highest BCUT2D eigenvalue weighted by atomic mass is 32.1. The summed E-state index contributed by atoms with van der Waals surface area (Å²) in [5.41, 5.74) is 7.41. The number of hydrogen-bond acceptors (Lipinski definition) is 3. The first-order chi connectivity index (χ1) is 10.0. The lowest BCUT2D eigenvalue weighted by atomic mass is 10.0. The Hall–Kier alpha value is -1.65. The third-order valence-corrected chi connectivity index (χ3v) is 4.91. The largest absolute Gasteiger partial charge is 0.334 e. The van der Waals surface area contributed by atoms with Gasteiger partial charge in [-0.05, 0) is 50.6 Å². The van der Waals surface area contributed by atoms with Crippen LogP contribution in [-0.4, -0.2) is 24.4 Å². The first-order valence-electron chi connectivity index (χ1n) is 7.16. The molecule has 0 bridgehead atoms. The number of rotatable bonds is 5. The van der Waals surface area contributed by atoms with Gasteiger partial charge in [-0.2, -0.15) is 0 Å². The van der Waals surface area contributed by atoms with Gasteiger partial charge < -0.3 is 10.6 Å². The van der Waals surface area contributed by atoms with Crippen molar-refractivity contribution in [3.8, 4) is 0 Å². The Morgan fingerprint density at radius 3 is 2.62 bits per heavy atom. The van der Waals surface area contributed by atoms with Gasteiger partial charge in [0, 0.05) is 22.4 Å². The molecule has 112 valence electrons. The van der Waals surface area contributed by atoms with E-state index < -0.39 is 0 Å². The molecule has 1 aromatic carbocycles. The minimum absolute atomic E-state index is 0.0533. The molecule has 2 N–H and O–H groups in total. The van der Waals surface area contributed by atoms with E-state index in [0.29, 0.717) is 6.54 Å². The highest BCUT2D eigenvalue weighted by molar-refractivity contribution is 7.12. The summed E-state index contributed by atoms with van der Waals surface area (Å²) in [4.78, 5) is 17.0. The van der Waals surface area contributed by atoms with Crippen molar-refractivity contribution in [2.24, 2.45) is 5.73 Å². The zero-order valence-corrected chi connectivity index (χ0v) is 13.6. The van der Waals surface area contributed by atoms with Crippen molar-refractivity contribution < 1.29 is 4.79 Å². The van der Waals surface area contributed by atoms with E-state index in [2.05, 4.69) is 26.0 Å². The summed E-state index contributed by atoms with van der Waals surface area (Å²) >= 11 is 1.74. The summed E-state index contributed by atoms with van der Waals surface area (Å²) in [7, 11) is 1.86. The molecule has 1 unspecified atom stereocenters. The molecule has 0 spiro atoms. The lowest BCUT2D eigenvalue weighted by molar-refractivity contribution is 0.0744. The van der Waals surface area contributed by atoms with Gasteiger partial charge in [-0.3, -0.25) is 4.79 Å². The second-order valence-electron chi connectivity index (χ2n) is 5.24. The van der Waals surface area contributed by atoms with E-state index in [-0.39, 0.29) is 11.9 Å². The summed E-state index contributed by atoms with van der Waals surface area (Å²) in [5, 5.41) is 0. The minimum atomic E-state index is 0.0533. The molecule has 0 aliphatic heterocycles. The number of amides is 1. The fourth-order valence-electron chi connectivity index (χ4n) is 2.34. The van der Waals surface area contributed by atoms with E-state index in [9.17, 15) is 4.79 Å². The van der Waals surface area contributed by atoms with Crippen LogP contribution in [0.1, 0.15) is 38.6 Å². The van der Waals surface area contributed by atoms with E-state index in [0.717, 1.165) is 17.5 Å². The van der Waals surface area contributed by atoms with Crippen molar-refractivity contribution in [3.05, 3.63) is 57.3 Å². The molecule has 0 aliphatic rings. The van der Waals surface area contributed by atoms with Gasteiger partial charge >= 0.3 is 0 Å². The maximum Gasteiger partial charge on any atom is 0.254 e. The Morgan fingerprint density at radius 1 is 1.29 bits per heavy atom. The summed E-state index contributed by atoms with van der Waals surface area (Å²) in [6.45, 7) is 4.70. The normalized spacial score (nSPS) is 12.2. The van der Waals surface area contributed by atoms with Crippen molar-refractivity contribution in [3.63, 3.8) is 0 Å². The number of benzene rings is 1. The van der Waals surface area contributed by atoms with Gasteiger partial charge in [0.15, 0.2) is 0 Å². The third-order valence-electron chi connectivity index (χ3n) is 3.74. The highest BCUT2D eigenvalue weighted by Crippen LogP contribution is 2.27. The molecular weight excluding hydrogens is 280 g/mol. The molecule has 2 rings (SSSR count). The van der Waals surface area contributed by atoms with E-state index in [4.69, 9.17) is 5.73 Å². The van der Waals surface area contributed by atoms with Gasteiger partial charge in [0.05, 0.1) is 6.04 Å². The van der Waals surface area contributed by atoms with Crippen LogP contribution in [0, 0.1) is 6.92 Å². The number of thiophene rings is 1. The van der Waals surface area contributed by atoms with Gasteiger partial charge in [0.25, 0.3) is 5.91 Å². The molecule has 2 aromatic rings. The van der Waals surface area contributed by atoms with Crippen LogP contribution < -0.4 is 5.73 Å². The smallest absolute Gasteiger partial charge is 0.254 e. The van der Waals surface area contributed by atoms with Crippen LogP contribution in [0.4, 0.5) is 0 Å².